The number of nitrogens with two attached hydrogens (primary N) is 1. The van der Waals surface area contributed by atoms with Crippen molar-refractivity contribution in [2.45, 2.75) is 4.90 Å². The second kappa shape index (κ2) is 5.92. The smallest absolute Gasteiger partial charge is 0.262 e. The number of hydrogen-bond acceptors (Lipinski definition) is 5. The van der Waals surface area contributed by atoms with Gasteiger partial charge in [0.05, 0.1) is 30.5 Å². The zero-order valence-corrected chi connectivity index (χ0v) is 12.5. The van der Waals surface area contributed by atoms with Gasteiger partial charge in [-0.1, -0.05) is 6.07 Å². The van der Waals surface area contributed by atoms with Gasteiger partial charge in [-0.3, -0.25) is 4.72 Å². The summed E-state index contributed by atoms with van der Waals surface area (Å²) in [5.41, 5.74) is 6.35. The van der Waals surface area contributed by atoms with Gasteiger partial charge in [0, 0.05) is 12.1 Å². The van der Waals surface area contributed by atoms with Crippen molar-refractivity contribution in [1.29, 1.82) is 0 Å². The molecule has 0 bridgehead atoms. The molecule has 0 saturated heterocycles. The van der Waals surface area contributed by atoms with Crippen LogP contribution in [0.25, 0.3) is 0 Å². The molecule has 0 aliphatic heterocycles. The molecule has 0 aromatic heterocycles. The highest BCUT2D eigenvalue weighted by Crippen LogP contribution is 2.27. The van der Waals surface area contributed by atoms with Crippen molar-refractivity contribution < 1.29 is 17.9 Å². The fourth-order valence-corrected chi connectivity index (χ4v) is 2.84. The predicted molar refractivity (Wildman–Crippen MR) is 81.2 cm³/mol. The van der Waals surface area contributed by atoms with Gasteiger partial charge in [-0.05, 0) is 24.3 Å². The second-order valence-corrected chi connectivity index (χ2v) is 5.92. The Kier molecular flexibility index (Phi) is 4.23. The average Bonchev–Trinajstić information content (AvgIpc) is 2.49. The van der Waals surface area contributed by atoms with Gasteiger partial charge in [0.15, 0.2) is 0 Å². The molecule has 0 amide bonds. The Balaban J connectivity index is 2.37. The summed E-state index contributed by atoms with van der Waals surface area (Å²) in [4.78, 5) is 0.0871. The normalized spacial score (nSPS) is 11.0. The van der Waals surface area contributed by atoms with Crippen LogP contribution in [0.15, 0.2) is 47.4 Å². The van der Waals surface area contributed by atoms with Crippen molar-refractivity contribution in [3.63, 3.8) is 0 Å². The summed E-state index contributed by atoms with van der Waals surface area (Å²) in [5, 5.41) is 0. The van der Waals surface area contributed by atoms with Crippen LogP contribution in [0.1, 0.15) is 0 Å². The van der Waals surface area contributed by atoms with Crippen molar-refractivity contribution in [2.75, 3.05) is 24.7 Å². The zero-order chi connectivity index (χ0) is 15.5. The Morgan fingerprint density at radius 2 is 1.67 bits per heavy atom. The molecule has 112 valence electrons. The third kappa shape index (κ3) is 3.38. The first-order chi connectivity index (χ1) is 9.96. The molecule has 0 aliphatic rings. The van der Waals surface area contributed by atoms with Crippen LogP contribution < -0.4 is 19.9 Å². The van der Waals surface area contributed by atoms with Crippen LogP contribution >= 0.6 is 0 Å². The Bertz CT molecular complexity index is 744. The topological polar surface area (TPSA) is 90.7 Å². The van der Waals surface area contributed by atoms with Gasteiger partial charge in [0.2, 0.25) is 0 Å². The largest absolute Gasteiger partial charge is 0.497 e. The number of rotatable bonds is 5. The highest BCUT2D eigenvalue weighted by atomic mass is 32.2. The number of benzene rings is 2. The molecule has 2 aromatic rings. The van der Waals surface area contributed by atoms with E-state index in [1.807, 2.05) is 0 Å². The molecule has 2 rings (SSSR count). The summed E-state index contributed by atoms with van der Waals surface area (Å²) in [5.74, 6) is 0.962. The van der Waals surface area contributed by atoms with E-state index in [1.165, 1.54) is 32.4 Å². The molecule has 0 radical (unpaired) electrons. The van der Waals surface area contributed by atoms with Crippen molar-refractivity contribution in [3.8, 4) is 11.5 Å². The molecular weight excluding hydrogens is 292 g/mol. The first kappa shape index (κ1) is 15.0. The third-order valence-corrected chi connectivity index (χ3v) is 4.22. The van der Waals surface area contributed by atoms with Gasteiger partial charge >= 0.3 is 0 Å². The SMILES string of the molecule is COc1cccc(S(=O)(=O)Nc2cc(OC)ccc2N)c1. The van der Waals surface area contributed by atoms with Crippen molar-refractivity contribution in [1.82, 2.24) is 0 Å². The van der Waals surface area contributed by atoms with Gasteiger partial charge in [-0.25, -0.2) is 8.42 Å². The number of sulfonamides is 1. The molecule has 2 aromatic carbocycles. The number of hydrogen-bond donors (Lipinski definition) is 2. The first-order valence-electron chi connectivity index (χ1n) is 6.06. The molecule has 0 aliphatic carbocycles. The summed E-state index contributed by atoms with van der Waals surface area (Å²) >= 11 is 0. The Morgan fingerprint density at radius 3 is 2.33 bits per heavy atom. The van der Waals surface area contributed by atoms with Crippen LogP contribution in [0.3, 0.4) is 0 Å². The monoisotopic (exact) mass is 308 g/mol. The lowest BCUT2D eigenvalue weighted by Crippen LogP contribution is -2.14. The van der Waals surface area contributed by atoms with Gasteiger partial charge in [-0.15, -0.1) is 0 Å². The number of nitrogens with one attached hydrogen (secondary N) is 1. The van der Waals surface area contributed by atoms with E-state index in [-0.39, 0.29) is 10.6 Å². The molecule has 7 heteroatoms. The summed E-state index contributed by atoms with van der Waals surface area (Å²) in [6.45, 7) is 0. The van der Waals surface area contributed by atoms with E-state index in [0.717, 1.165) is 0 Å². The van der Waals surface area contributed by atoms with Gasteiger partial charge in [0.25, 0.3) is 10.0 Å². The maximum absolute atomic E-state index is 12.4. The molecule has 0 heterocycles. The van der Waals surface area contributed by atoms with Crippen molar-refractivity contribution in [3.05, 3.63) is 42.5 Å². The van der Waals surface area contributed by atoms with Crippen LogP contribution in [0.4, 0.5) is 11.4 Å². The maximum Gasteiger partial charge on any atom is 0.262 e. The van der Waals surface area contributed by atoms with E-state index in [4.69, 9.17) is 15.2 Å². The molecular formula is C14H16N2O4S. The maximum atomic E-state index is 12.4. The Labute approximate surface area is 123 Å². The number of anilines is 2. The Hall–Kier alpha value is -2.41. The second-order valence-electron chi connectivity index (χ2n) is 4.24. The van der Waals surface area contributed by atoms with E-state index in [1.54, 1.807) is 24.3 Å². The molecule has 21 heavy (non-hydrogen) atoms. The summed E-state index contributed by atoms with van der Waals surface area (Å²) in [6, 6.07) is 10.9. The van der Waals surface area contributed by atoms with Crippen LogP contribution in [0.2, 0.25) is 0 Å². The number of methoxy groups -OCH3 is 2. The zero-order valence-electron chi connectivity index (χ0n) is 11.7. The van der Waals surface area contributed by atoms with Crippen LogP contribution in [-0.4, -0.2) is 22.6 Å². The molecule has 0 unspecified atom stereocenters. The number of ether oxygens (including phenoxy) is 2. The minimum Gasteiger partial charge on any atom is -0.497 e. The lowest BCUT2D eigenvalue weighted by molar-refractivity contribution is 0.413. The van der Waals surface area contributed by atoms with Crippen LogP contribution in [0.5, 0.6) is 11.5 Å². The van der Waals surface area contributed by atoms with E-state index in [2.05, 4.69) is 4.72 Å². The highest BCUT2D eigenvalue weighted by molar-refractivity contribution is 7.92. The minimum atomic E-state index is -3.76. The molecule has 0 atom stereocenters. The fraction of sp³-hybridized carbons (Fsp3) is 0.143. The predicted octanol–water partition coefficient (Wildman–Crippen LogP) is 2.09. The van der Waals surface area contributed by atoms with Crippen molar-refractivity contribution >= 4 is 21.4 Å². The summed E-state index contributed by atoms with van der Waals surface area (Å²) in [7, 11) is -0.796. The molecule has 0 saturated carbocycles. The van der Waals surface area contributed by atoms with E-state index in [0.29, 0.717) is 17.2 Å². The van der Waals surface area contributed by atoms with Crippen LogP contribution in [0, 0.1) is 0 Å². The van der Waals surface area contributed by atoms with Crippen molar-refractivity contribution in [2.24, 2.45) is 0 Å². The van der Waals surface area contributed by atoms with E-state index < -0.39 is 10.0 Å². The first-order valence-corrected chi connectivity index (χ1v) is 7.55. The lowest BCUT2D eigenvalue weighted by atomic mass is 10.2. The van der Waals surface area contributed by atoms with Gasteiger partial charge in [-0.2, -0.15) is 0 Å². The van der Waals surface area contributed by atoms with Gasteiger partial charge in [0.1, 0.15) is 11.5 Å². The fourth-order valence-electron chi connectivity index (χ4n) is 1.72. The standard InChI is InChI=1S/C14H16N2O4S/c1-19-10-4-3-5-12(8-10)21(17,18)16-14-9-11(20-2)6-7-13(14)15/h3-9,16H,15H2,1-2H3. The molecule has 0 spiro atoms. The minimum absolute atomic E-state index is 0.0871. The summed E-state index contributed by atoms with van der Waals surface area (Å²) in [6.07, 6.45) is 0. The molecule has 0 fully saturated rings. The third-order valence-electron chi connectivity index (χ3n) is 2.86. The number of nitrogen functional groups attached to an aromatic ring is 1. The van der Waals surface area contributed by atoms with Gasteiger partial charge < -0.3 is 15.2 Å². The summed E-state index contributed by atoms with van der Waals surface area (Å²) < 4.78 is 37.2. The average molecular weight is 308 g/mol. The van der Waals surface area contributed by atoms with Crippen LogP contribution in [-0.2, 0) is 10.0 Å². The van der Waals surface area contributed by atoms with E-state index >= 15 is 0 Å². The van der Waals surface area contributed by atoms with E-state index in [9.17, 15) is 8.42 Å². The quantitative estimate of drug-likeness (QED) is 0.825. The molecule has 6 nitrogen and oxygen atoms in total. The molecule has 3 N–H and O–H groups in total. The Morgan fingerprint density at radius 1 is 1.00 bits per heavy atom. The highest BCUT2D eigenvalue weighted by Gasteiger charge is 2.16. The lowest BCUT2D eigenvalue weighted by Gasteiger charge is -2.12.